The molecule has 2 rings (SSSR count). The molecule has 0 unspecified atom stereocenters. The van der Waals surface area contributed by atoms with Crippen LogP contribution >= 0.6 is 43.5 Å². The van der Waals surface area contributed by atoms with Crippen LogP contribution in [0.1, 0.15) is 23.2 Å². The number of carbonyl (C=O) groups is 1. The Bertz CT molecular complexity index is 446. The van der Waals surface area contributed by atoms with Gasteiger partial charge in [0, 0.05) is 16.3 Å². The van der Waals surface area contributed by atoms with Crippen LogP contribution in [0.2, 0.25) is 5.02 Å². The van der Waals surface area contributed by atoms with Crippen LogP contribution in [0.15, 0.2) is 22.7 Å². The van der Waals surface area contributed by atoms with Gasteiger partial charge in [0.05, 0.1) is 10.6 Å². The molecule has 0 radical (unpaired) electrons. The van der Waals surface area contributed by atoms with Gasteiger partial charge in [-0.2, -0.15) is 0 Å². The Kier molecular flexibility index (Phi) is 4.16. The SMILES string of the molecule is O=C(NCC1(CBr)CC1)c1ccc(Br)cc1Cl. The van der Waals surface area contributed by atoms with E-state index in [-0.39, 0.29) is 11.3 Å². The molecule has 2 nitrogen and oxygen atoms in total. The minimum atomic E-state index is -0.102. The van der Waals surface area contributed by atoms with Crippen LogP contribution < -0.4 is 5.32 Å². The summed E-state index contributed by atoms with van der Waals surface area (Å²) in [5.74, 6) is -0.102. The number of alkyl halides is 1. The van der Waals surface area contributed by atoms with Gasteiger partial charge in [-0.05, 0) is 36.5 Å². The quantitative estimate of drug-likeness (QED) is 0.785. The number of halogens is 3. The van der Waals surface area contributed by atoms with Gasteiger partial charge in [-0.3, -0.25) is 4.79 Å². The first-order chi connectivity index (χ1) is 8.06. The van der Waals surface area contributed by atoms with E-state index >= 15 is 0 Å². The van der Waals surface area contributed by atoms with E-state index in [9.17, 15) is 4.79 Å². The molecule has 17 heavy (non-hydrogen) atoms. The molecule has 1 amide bonds. The fourth-order valence-electron chi connectivity index (χ4n) is 1.57. The fraction of sp³-hybridized carbons (Fsp3) is 0.417. The predicted octanol–water partition coefficient (Wildman–Crippen LogP) is 4.01. The predicted molar refractivity (Wildman–Crippen MR) is 76.9 cm³/mol. The van der Waals surface area contributed by atoms with E-state index < -0.39 is 0 Å². The van der Waals surface area contributed by atoms with Crippen molar-refractivity contribution in [1.82, 2.24) is 5.32 Å². The van der Waals surface area contributed by atoms with Crippen LogP contribution in [0.4, 0.5) is 0 Å². The molecule has 1 aromatic carbocycles. The Hall–Kier alpha value is -0.0600. The topological polar surface area (TPSA) is 29.1 Å². The molecule has 1 N–H and O–H groups in total. The van der Waals surface area contributed by atoms with E-state index in [0.717, 1.165) is 9.80 Å². The summed E-state index contributed by atoms with van der Waals surface area (Å²) >= 11 is 12.8. The van der Waals surface area contributed by atoms with Gasteiger partial charge in [0.15, 0.2) is 0 Å². The first-order valence-electron chi connectivity index (χ1n) is 5.36. The van der Waals surface area contributed by atoms with E-state index in [1.54, 1.807) is 12.1 Å². The third-order valence-corrected chi connectivity index (χ3v) is 5.04. The normalized spacial score (nSPS) is 16.6. The van der Waals surface area contributed by atoms with E-state index in [1.807, 2.05) is 6.07 Å². The largest absolute Gasteiger partial charge is 0.351 e. The highest BCUT2D eigenvalue weighted by molar-refractivity contribution is 9.10. The number of nitrogens with one attached hydrogen (secondary N) is 1. The summed E-state index contributed by atoms with van der Waals surface area (Å²) in [4.78, 5) is 11.9. The standard InChI is InChI=1S/C12H12Br2ClNO/c13-6-12(3-4-12)7-16-11(17)9-2-1-8(14)5-10(9)15/h1-2,5H,3-4,6-7H2,(H,16,17). The van der Waals surface area contributed by atoms with E-state index in [4.69, 9.17) is 11.6 Å². The number of hydrogen-bond acceptors (Lipinski definition) is 1. The van der Waals surface area contributed by atoms with Crippen molar-refractivity contribution in [1.29, 1.82) is 0 Å². The summed E-state index contributed by atoms with van der Waals surface area (Å²) in [5, 5.41) is 4.36. The summed E-state index contributed by atoms with van der Waals surface area (Å²) in [6.45, 7) is 0.712. The summed E-state index contributed by atoms with van der Waals surface area (Å²) in [6.07, 6.45) is 2.35. The molecule has 1 saturated carbocycles. The first-order valence-corrected chi connectivity index (χ1v) is 7.65. The lowest BCUT2D eigenvalue weighted by Gasteiger charge is -2.13. The zero-order valence-electron chi connectivity index (χ0n) is 9.10. The molecule has 1 aliphatic carbocycles. The smallest absolute Gasteiger partial charge is 0.252 e. The Labute approximate surface area is 122 Å². The maximum Gasteiger partial charge on any atom is 0.252 e. The van der Waals surface area contributed by atoms with Crippen molar-refractivity contribution >= 4 is 49.4 Å². The zero-order chi connectivity index (χ0) is 12.5. The molecule has 0 saturated heterocycles. The van der Waals surface area contributed by atoms with Crippen molar-refractivity contribution in [2.75, 3.05) is 11.9 Å². The molecule has 0 aromatic heterocycles. The zero-order valence-corrected chi connectivity index (χ0v) is 13.0. The molecule has 0 aliphatic heterocycles. The van der Waals surface area contributed by atoms with Crippen molar-refractivity contribution in [3.63, 3.8) is 0 Å². The Morgan fingerprint density at radius 1 is 1.47 bits per heavy atom. The second-order valence-corrected chi connectivity index (χ2v) is 6.32. The van der Waals surface area contributed by atoms with Crippen molar-refractivity contribution in [2.45, 2.75) is 12.8 Å². The maximum atomic E-state index is 11.9. The third-order valence-electron chi connectivity index (χ3n) is 3.04. The van der Waals surface area contributed by atoms with Gasteiger partial charge in [0.25, 0.3) is 5.91 Å². The van der Waals surface area contributed by atoms with Crippen molar-refractivity contribution in [2.24, 2.45) is 5.41 Å². The highest BCUT2D eigenvalue weighted by Gasteiger charge is 2.41. The summed E-state index contributed by atoms with van der Waals surface area (Å²) in [6, 6.07) is 5.28. The molecule has 0 spiro atoms. The summed E-state index contributed by atoms with van der Waals surface area (Å²) in [7, 11) is 0. The molecule has 1 fully saturated rings. The van der Waals surface area contributed by atoms with Crippen LogP contribution in [0.3, 0.4) is 0 Å². The molecule has 0 heterocycles. The fourth-order valence-corrected chi connectivity index (χ4v) is 3.09. The number of rotatable bonds is 4. The van der Waals surface area contributed by atoms with E-state index in [1.165, 1.54) is 12.8 Å². The van der Waals surface area contributed by atoms with Gasteiger partial charge in [-0.1, -0.05) is 43.5 Å². The van der Waals surface area contributed by atoms with Gasteiger partial charge in [-0.15, -0.1) is 0 Å². The Morgan fingerprint density at radius 2 is 2.18 bits per heavy atom. The van der Waals surface area contributed by atoms with Crippen LogP contribution in [0.25, 0.3) is 0 Å². The molecule has 0 bridgehead atoms. The number of hydrogen-bond donors (Lipinski definition) is 1. The number of carbonyl (C=O) groups excluding carboxylic acids is 1. The number of amides is 1. The van der Waals surface area contributed by atoms with Gasteiger partial charge in [0.1, 0.15) is 0 Å². The lowest BCUT2D eigenvalue weighted by molar-refractivity contribution is 0.0946. The van der Waals surface area contributed by atoms with Crippen LogP contribution in [-0.2, 0) is 0 Å². The molecule has 1 aliphatic rings. The van der Waals surface area contributed by atoms with Crippen molar-refractivity contribution < 1.29 is 4.79 Å². The molecular formula is C12H12Br2ClNO. The monoisotopic (exact) mass is 379 g/mol. The number of benzene rings is 1. The van der Waals surface area contributed by atoms with E-state index in [2.05, 4.69) is 37.2 Å². The highest BCUT2D eigenvalue weighted by atomic mass is 79.9. The summed E-state index contributed by atoms with van der Waals surface area (Å²) < 4.78 is 0.873. The van der Waals surface area contributed by atoms with Crippen molar-refractivity contribution in [3.8, 4) is 0 Å². The average molecular weight is 381 g/mol. The second-order valence-electron chi connectivity index (χ2n) is 4.44. The molecule has 5 heteroatoms. The van der Waals surface area contributed by atoms with Crippen LogP contribution in [0, 0.1) is 5.41 Å². The third kappa shape index (κ3) is 3.24. The minimum absolute atomic E-state index is 0.102. The molecule has 1 aromatic rings. The van der Waals surface area contributed by atoms with Crippen LogP contribution in [-0.4, -0.2) is 17.8 Å². The van der Waals surface area contributed by atoms with Gasteiger partial charge >= 0.3 is 0 Å². The summed E-state index contributed by atoms with van der Waals surface area (Å²) in [5.41, 5.74) is 0.803. The lowest BCUT2D eigenvalue weighted by atomic mass is 10.1. The maximum absolute atomic E-state index is 11.9. The van der Waals surface area contributed by atoms with Gasteiger partial charge < -0.3 is 5.32 Å². The first kappa shape index (κ1) is 13.4. The highest BCUT2D eigenvalue weighted by Crippen LogP contribution is 2.46. The average Bonchev–Trinajstić information content (AvgIpc) is 3.07. The lowest BCUT2D eigenvalue weighted by Crippen LogP contribution is -2.31. The molecular weight excluding hydrogens is 369 g/mol. The van der Waals surface area contributed by atoms with Crippen molar-refractivity contribution in [3.05, 3.63) is 33.3 Å². The second kappa shape index (κ2) is 5.29. The van der Waals surface area contributed by atoms with E-state index in [0.29, 0.717) is 17.1 Å². The van der Waals surface area contributed by atoms with Crippen LogP contribution in [0.5, 0.6) is 0 Å². The Balaban J connectivity index is 2.00. The van der Waals surface area contributed by atoms with Gasteiger partial charge in [0.2, 0.25) is 0 Å². The molecule has 92 valence electrons. The molecule has 0 atom stereocenters. The minimum Gasteiger partial charge on any atom is -0.351 e. The van der Waals surface area contributed by atoms with Gasteiger partial charge in [-0.25, -0.2) is 0 Å². The Morgan fingerprint density at radius 3 is 2.71 bits per heavy atom.